The Morgan fingerprint density at radius 3 is 2.85 bits per heavy atom. The van der Waals surface area contributed by atoms with Gasteiger partial charge in [-0.3, -0.25) is 0 Å². The van der Waals surface area contributed by atoms with Crippen molar-refractivity contribution in [2.45, 2.75) is 13.5 Å². The lowest BCUT2D eigenvalue weighted by Gasteiger charge is -2.09. The van der Waals surface area contributed by atoms with Crippen LogP contribution in [0.25, 0.3) is 0 Å². The summed E-state index contributed by atoms with van der Waals surface area (Å²) in [5.74, 6) is 6.47. The van der Waals surface area contributed by atoms with Crippen LogP contribution in [0, 0.1) is 24.6 Å². The Labute approximate surface area is 123 Å². The molecule has 1 nitrogen and oxygen atoms in total. The second kappa shape index (κ2) is 6.98. The summed E-state index contributed by atoms with van der Waals surface area (Å²) in [7, 11) is 0. The van der Waals surface area contributed by atoms with Crippen LogP contribution >= 0.6 is 11.6 Å². The molecule has 0 aliphatic carbocycles. The average Bonchev–Trinajstić information content (AvgIpc) is 2.46. The van der Waals surface area contributed by atoms with Crippen molar-refractivity contribution in [3.05, 3.63) is 65.0 Å². The van der Waals surface area contributed by atoms with Crippen molar-refractivity contribution < 1.29 is 9.13 Å². The summed E-state index contributed by atoms with van der Waals surface area (Å²) in [6.07, 6.45) is 0. The number of rotatable bonds is 3. The lowest BCUT2D eigenvalue weighted by atomic mass is 10.1. The van der Waals surface area contributed by atoms with E-state index < -0.39 is 0 Å². The van der Waals surface area contributed by atoms with Crippen molar-refractivity contribution in [1.29, 1.82) is 0 Å². The van der Waals surface area contributed by atoms with Crippen molar-refractivity contribution in [1.82, 2.24) is 0 Å². The topological polar surface area (TPSA) is 9.23 Å². The lowest BCUT2D eigenvalue weighted by Crippen LogP contribution is -1.98. The number of benzene rings is 2. The number of alkyl halides is 1. The minimum absolute atomic E-state index is 0.254. The van der Waals surface area contributed by atoms with Gasteiger partial charge in [-0.05, 0) is 48.4 Å². The monoisotopic (exact) mass is 288 g/mol. The fourth-order valence-corrected chi connectivity index (χ4v) is 1.82. The van der Waals surface area contributed by atoms with E-state index in [0.29, 0.717) is 18.2 Å². The second-order valence-corrected chi connectivity index (χ2v) is 4.59. The van der Waals surface area contributed by atoms with Gasteiger partial charge in [0.2, 0.25) is 0 Å². The number of aryl methyl sites for hydroxylation is 1. The van der Waals surface area contributed by atoms with Crippen LogP contribution in [0.1, 0.15) is 16.7 Å². The van der Waals surface area contributed by atoms with Crippen LogP contribution in [0.15, 0.2) is 42.5 Å². The Hall–Kier alpha value is -1.98. The largest absolute Gasteiger partial charge is 0.489 e. The van der Waals surface area contributed by atoms with E-state index in [1.165, 1.54) is 12.1 Å². The zero-order chi connectivity index (χ0) is 14.4. The molecular formula is C17H14ClFO. The van der Waals surface area contributed by atoms with E-state index in [0.717, 1.165) is 16.7 Å². The molecule has 3 heteroatoms. The molecule has 0 saturated heterocycles. The van der Waals surface area contributed by atoms with E-state index >= 15 is 0 Å². The maximum atomic E-state index is 13.2. The average molecular weight is 289 g/mol. The molecule has 20 heavy (non-hydrogen) atoms. The van der Waals surface area contributed by atoms with Gasteiger partial charge in [-0.1, -0.05) is 24.0 Å². The molecule has 0 heterocycles. The minimum atomic E-state index is -0.254. The molecule has 0 bridgehead atoms. The second-order valence-electron chi connectivity index (χ2n) is 4.32. The molecule has 0 spiro atoms. The molecule has 0 aromatic heterocycles. The Morgan fingerprint density at radius 1 is 1.20 bits per heavy atom. The summed E-state index contributed by atoms with van der Waals surface area (Å²) in [5, 5.41) is 0. The summed E-state index contributed by atoms with van der Waals surface area (Å²) in [6.45, 7) is 2.26. The molecule has 0 radical (unpaired) electrons. The van der Waals surface area contributed by atoms with Gasteiger partial charge in [0, 0.05) is 5.56 Å². The molecule has 2 aromatic carbocycles. The Kier molecular flexibility index (Phi) is 5.03. The predicted octanol–water partition coefficient (Wildman–Crippen LogP) is 4.30. The van der Waals surface area contributed by atoms with E-state index in [4.69, 9.17) is 16.3 Å². The molecule has 0 atom stereocenters. The molecule has 0 fully saturated rings. The quantitative estimate of drug-likeness (QED) is 0.604. The van der Waals surface area contributed by atoms with Crippen LogP contribution in [-0.4, -0.2) is 5.88 Å². The van der Waals surface area contributed by atoms with Crippen molar-refractivity contribution in [2.24, 2.45) is 0 Å². The van der Waals surface area contributed by atoms with Gasteiger partial charge in [-0.2, -0.15) is 0 Å². The minimum Gasteiger partial charge on any atom is -0.489 e. The van der Waals surface area contributed by atoms with Crippen LogP contribution < -0.4 is 4.74 Å². The highest BCUT2D eigenvalue weighted by molar-refractivity contribution is 6.19. The highest BCUT2D eigenvalue weighted by atomic mass is 35.5. The zero-order valence-electron chi connectivity index (χ0n) is 11.1. The van der Waals surface area contributed by atoms with Crippen molar-refractivity contribution >= 4 is 11.6 Å². The van der Waals surface area contributed by atoms with Crippen molar-refractivity contribution in [2.75, 3.05) is 5.88 Å². The number of halogens is 2. The molecular weight excluding hydrogens is 275 g/mol. The molecule has 0 unspecified atom stereocenters. The third-order valence-corrected chi connectivity index (χ3v) is 2.97. The highest BCUT2D eigenvalue weighted by Crippen LogP contribution is 2.17. The van der Waals surface area contributed by atoms with Crippen molar-refractivity contribution in [3.8, 4) is 17.6 Å². The first kappa shape index (κ1) is 14.4. The van der Waals surface area contributed by atoms with Gasteiger partial charge in [0.25, 0.3) is 0 Å². The summed E-state index contributed by atoms with van der Waals surface area (Å²) in [4.78, 5) is 0. The molecule has 2 rings (SSSR count). The molecule has 2 aromatic rings. The van der Waals surface area contributed by atoms with Gasteiger partial charge in [-0.15, -0.1) is 11.6 Å². The fraction of sp³-hybridized carbons (Fsp3) is 0.176. The van der Waals surface area contributed by atoms with E-state index in [9.17, 15) is 4.39 Å². The van der Waals surface area contributed by atoms with Crippen LogP contribution in [-0.2, 0) is 6.61 Å². The Balaban J connectivity index is 2.09. The van der Waals surface area contributed by atoms with Gasteiger partial charge >= 0.3 is 0 Å². The maximum absolute atomic E-state index is 13.2. The summed E-state index contributed by atoms with van der Waals surface area (Å²) in [5.41, 5.74) is 2.69. The Morgan fingerprint density at radius 2 is 2.05 bits per heavy atom. The normalized spacial score (nSPS) is 9.75. The van der Waals surface area contributed by atoms with Crippen molar-refractivity contribution in [3.63, 3.8) is 0 Å². The molecule has 0 saturated carbocycles. The fourth-order valence-electron chi connectivity index (χ4n) is 1.76. The summed E-state index contributed by atoms with van der Waals surface area (Å²) in [6, 6.07) is 12.1. The number of ether oxygens (including phenoxy) is 1. The number of hydrogen-bond acceptors (Lipinski definition) is 1. The summed E-state index contributed by atoms with van der Waals surface area (Å²) < 4.78 is 18.9. The first-order valence-corrected chi connectivity index (χ1v) is 6.75. The molecule has 0 N–H and O–H groups in total. The Bertz CT molecular complexity index is 656. The number of hydrogen-bond donors (Lipinski definition) is 0. The van der Waals surface area contributed by atoms with Gasteiger partial charge in [0.1, 0.15) is 18.2 Å². The van der Waals surface area contributed by atoms with Crippen LogP contribution in [0.3, 0.4) is 0 Å². The van der Waals surface area contributed by atoms with Crippen LogP contribution in [0.5, 0.6) is 5.75 Å². The molecule has 0 aliphatic rings. The van der Waals surface area contributed by atoms with E-state index in [1.807, 2.05) is 31.2 Å². The maximum Gasteiger partial charge on any atom is 0.123 e. The zero-order valence-corrected chi connectivity index (χ0v) is 11.9. The van der Waals surface area contributed by atoms with Gasteiger partial charge in [0.15, 0.2) is 0 Å². The smallest absolute Gasteiger partial charge is 0.123 e. The van der Waals surface area contributed by atoms with Gasteiger partial charge < -0.3 is 4.74 Å². The van der Waals surface area contributed by atoms with E-state index in [2.05, 4.69) is 11.8 Å². The molecule has 0 aliphatic heterocycles. The first-order valence-electron chi connectivity index (χ1n) is 6.22. The molecule has 0 amide bonds. The van der Waals surface area contributed by atoms with Crippen LogP contribution in [0.4, 0.5) is 4.39 Å². The SMILES string of the molecule is Cc1ccc(F)cc1COc1cccc(C#CCCl)c1. The predicted molar refractivity (Wildman–Crippen MR) is 79.5 cm³/mol. The van der Waals surface area contributed by atoms with Gasteiger partial charge in [0.05, 0.1) is 5.88 Å². The standard InChI is InChI=1S/C17H14ClFO/c1-13-7-8-16(19)11-15(13)12-20-17-6-2-4-14(10-17)5-3-9-18/h2,4,6-8,10-11H,9,12H2,1H3. The third kappa shape index (κ3) is 4.01. The van der Waals surface area contributed by atoms with Crippen LogP contribution in [0.2, 0.25) is 0 Å². The lowest BCUT2D eigenvalue weighted by molar-refractivity contribution is 0.304. The first-order chi connectivity index (χ1) is 9.69. The van der Waals surface area contributed by atoms with E-state index in [1.54, 1.807) is 6.07 Å². The van der Waals surface area contributed by atoms with Gasteiger partial charge in [-0.25, -0.2) is 4.39 Å². The molecule has 102 valence electrons. The highest BCUT2D eigenvalue weighted by Gasteiger charge is 2.02. The third-order valence-electron chi connectivity index (χ3n) is 2.84. The summed E-state index contributed by atoms with van der Waals surface area (Å²) >= 11 is 5.52. The van der Waals surface area contributed by atoms with E-state index in [-0.39, 0.29) is 5.82 Å².